The zero-order valence-corrected chi connectivity index (χ0v) is 48.3. The minimum absolute atomic E-state index is 1.14. The van der Waals surface area contributed by atoms with E-state index in [9.17, 15) is 0 Å². The second-order valence-electron chi connectivity index (χ2n) is 23.5. The van der Waals surface area contributed by atoms with Crippen LogP contribution in [0.3, 0.4) is 0 Å². The largest absolute Gasteiger partial charge is 0.0616 e. The Morgan fingerprint density at radius 2 is 0.307 bits per heavy atom. The van der Waals surface area contributed by atoms with Gasteiger partial charge in [-0.05, 0) is 248 Å². The van der Waals surface area contributed by atoms with Crippen LogP contribution in [0.1, 0.15) is 0 Å². The van der Waals surface area contributed by atoms with E-state index in [0.29, 0.717) is 0 Å². The molecule has 0 aliphatic heterocycles. The molecule has 0 nitrogen and oxygen atoms in total. The van der Waals surface area contributed by atoms with Gasteiger partial charge in [0.2, 0.25) is 0 Å². The van der Waals surface area contributed by atoms with Crippen LogP contribution in [0.4, 0.5) is 0 Å². The normalized spacial score (nSPS) is 11.6. The van der Waals surface area contributed by atoms with E-state index in [1.54, 1.807) is 0 Å². The van der Waals surface area contributed by atoms with Gasteiger partial charge in [-0.25, -0.2) is 0 Å². The van der Waals surface area contributed by atoms with Crippen LogP contribution in [0.2, 0.25) is 0 Å². The summed E-state index contributed by atoms with van der Waals surface area (Å²) in [5.41, 5.74) is 21.1. The van der Waals surface area contributed by atoms with Gasteiger partial charge in [0.25, 0.3) is 0 Å². The Morgan fingerprint density at radius 3 is 0.648 bits per heavy atom. The van der Waals surface area contributed by atoms with Gasteiger partial charge in [0.05, 0.1) is 0 Å². The van der Waals surface area contributed by atoms with Gasteiger partial charge in [0.1, 0.15) is 0 Å². The fourth-order valence-corrected chi connectivity index (χ4v) is 14.1. The molecular formula is C88H56. The van der Waals surface area contributed by atoms with E-state index in [0.717, 1.165) is 38.9 Å². The van der Waals surface area contributed by atoms with Crippen molar-refractivity contribution in [2.24, 2.45) is 0 Å². The molecule has 0 N–H and O–H groups in total. The first-order chi connectivity index (χ1) is 43.6. The number of hydrogen-bond donors (Lipinski definition) is 0. The summed E-state index contributed by atoms with van der Waals surface area (Å²) in [6, 6.07) is 127. The predicted molar refractivity (Wildman–Crippen MR) is 378 cm³/mol. The third kappa shape index (κ3) is 9.01. The summed E-state index contributed by atoms with van der Waals surface area (Å²) in [6.07, 6.45) is 0. The zero-order chi connectivity index (χ0) is 58.1. The van der Waals surface area contributed by atoms with Crippen molar-refractivity contribution in [2.75, 3.05) is 0 Å². The van der Waals surface area contributed by atoms with E-state index in [1.165, 1.54) is 137 Å². The Kier molecular flexibility index (Phi) is 12.3. The Morgan fingerprint density at radius 1 is 0.102 bits per heavy atom. The number of fused-ring (bicyclic) bond motifs is 10. The van der Waals surface area contributed by atoms with Gasteiger partial charge >= 0.3 is 0 Å². The van der Waals surface area contributed by atoms with E-state index >= 15 is 0 Å². The first-order valence-corrected chi connectivity index (χ1v) is 30.5. The molecule has 0 aromatic heterocycles. The van der Waals surface area contributed by atoms with Crippen LogP contribution in [0.5, 0.6) is 0 Å². The van der Waals surface area contributed by atoms with Crippen molar-refractivity contribution in [1.82, 2.24) is 0 Å². The van der Waals surface area contributed by atoms with Gasteiger partial charge in [-0.3, -0.25) is 0 Å². The lowest BCUT2D eigenvalue weighted by molar-refractivity contribution is 1.54. The molecule has 0 heteroatoms. The van der Waals surface area contributed by atoms with E-state index < -0.39 is 0 Å². The molecule has 0 unspecified atom stereocenters. The van der Waals surface area contributed by atoms with Crippen molar-refractivity contribution in [3.63, 3.8) is 0 Å². The second-order valence-corrected chi connectivity index (χ2v) is 23.5. The number of rotatable bonds is 9. The first-order valence-electron chi connectivity index (χ1n) is 30.5. The summed E-state index contributed by atoms with van der Waals surface area (Å²) >= 11 is 0. The molecule has 0 bridgehead atoms. The summed E-state index contributed by atoms with van der Waals surface area (Å²) in [4.78, 5) is 0. The highest BCUT2D eigenvalue weighted by molar-refractivity contribution is 6.26. The Labute approximate surface area is 512 Å². The SMILES string of the molecule is c1cc(-c2cccc(-c3ccc4c5ccccc5c5ccccc5c4c3)c2)cc(-c2cc(-c3cc(-c4cccc5ccccc45)cc(-c4cccc5ccccc45)c3)cc(-c3cc(-c4cccc5ccccc45)cc(-c4cccc5ccccc45)c3)c2)c1. The lowest BCUT2D eigenvalue weighted by Gasteiger charge is -2.18. The van der Waals surface area contributed by atoms with Gasteiger partial charge in [-0.2, -0.15) is 0 Å². The van der Waals surface area contributed by atoms with Crippen LogP contribution >= 0.6 is 0 Å². The third-order valence-electron chi connectivity index (χ3n) is 18.3. The summed E-state index contributed by atoms with van der Waals surface area (Å²) in [5, 5.41) is 17.5. The molecule has 0 saturated heterocycles. The van der Waals surface area contributed by atoms with Crippen LogP contribution in [0, 0.1) is 0 Å². The van der Waals surface area contributed by atoms with E-state index in [-0.39, 0.29) is 0 Å². The lowest BCUT2D eigenvalue weighted by atomic mass is 9.86. The molecule has 0 amide bonds. The van der Waals surface area contributed by atoms with E-state index in [2.05, 4.69) is 340 Å². The van der Waals surface area contributed by atoms with Crippen molar-refractivity contribution >= 4 is 75.4 Å². The van der Waals surface area contributed by atoms with Crippen molar-refractivity contribution in [1.29, 1.82) is 0 Å². The average molecular weight is 1110 g/mol. The first kappa shape index (κ1) is 51.0. The molecule has 0 radical (unpaired) electrons. The fourth-order valence-electron chi connectivity index (χ4n) is 14.1. The van der Waals surface area contributed by atoms with Gasteiger partial charge in [-0.1, -0.05) is 267 Å². The molecule has 17 rings (SSSR count). The summed E-state index contributed by atoms with van der Waals surface area (Å²) in [5.74, 6) is 0. The Hall–Kier alpha value is -11.4. The van der Waals surface area contributed by atoms with Crippen LogP contribution in [0.25, 0.3) is 176 Å². The molecule has 0 fully saturated rings. The van der Waals surface area contributed by atoms with Crippen molar-refractivity contribution in [2.45, 2.75) is 0 Å². The molecule has 0 atom stereocenters. The molecule has 17 aromatic carbocycles. The maximum Gasteiger partial charge on any atom is -0.00928 e. The molecular weight excluding hydrogens is 1060 g/mol. The fraction of sp³-hybridized carbons (Fsp3) is 0. The Bertz CT molecular complexity index is 5170. The quantitative estimate of drug-likeness (QED) is 0.126. The van der Waals surface area contributed by atoms with Crippen LogP contribution in [-0.2, 0) is 0 Å². The maximum absolute atomic E-state index is 2.44. The second kappa shape index (κ2) is 21.3. The van der Waals surface area contributed by atoms with Crippen molar-refractivity contribution in [3.05, 3.63) is 340 Å². The highest BCUT2D eigenvalue weighted by Gasteiger charge is 2.18. The topological polar surface area (TPSA) is 0 Å². The minimum atomic E-state index is 1.14. The highest BCUT2D eigenvalue weighted by Crippen LogP contribution is 2.45. The summed E-state index contributed by atoms with van der Waals surface area (Å²) in [6.45, 7) is 0. The molecule has 408 valence electrons. The van der Waals surface area contributed by atoms with Gasteiger partial charge in [0.15, 0.2) is 0 Å². The average Bonchev–Trinajstić information content (AvgIpc) is 2.02. The number of hydrogen-bond acceptors (Lipinski definition) is 0. The minimum Gasteiger partial charge on any atom is -0.0616 e. The number of benzene rings is 17. The summed E-state index contributed by atoms with van der Waals surface area (Å²) in [7, 11) is 0. The monoisotopic (exact) mass is 1110 g/mol. The van der Waals surface area contributed by atoms with Gasteiger partial charge in [-0.15, -0.1) is 0 Å². The summed E-state index contributed by atoms with van der Waals surface area (Å²) < 4.78 is 0. The maximum atomic E-state index is 2.44. The smallest absolute Gasteiger partial charge is 0.00928 e. The molecule has 0 heterocycles. The predicted octanol–water partition coefficient (Wildman–Crippen LogP) is 24.8. The lowest BCUT2D eigenvalue weighted by Crippen LogP contribution is -1.92. The molecule has 17 aromatic rings. The molecule has 0 spiro atoms. The van der Waals surface area contributed by atoms with Crippen LogP contribution in [-0.4, -0.2) is 0 Å². The van der Waals surface area contributed by atoms with Gasteiger partial charge < -0.3 is 0 Å². The Balaban J connectivity index is 0.878. The molecule has 88 heavy (non-hydrogen) atoms. The van der Waals surface area contributed by atoms with Crippen LogP contribution in [0.15, 0.2) is 340 Å². The highest BCUT2D eigenvalue weighted by atomic mass is 14.2. The van der Waals surface area contributed by atoms with E-state index in [1.807, 2.05) is 0 Å². The van der Waals surface area contributed by atoms with E-state index in [4.69, 9.17) is 0 Å². The van der Waals surface area contributed by atoms with Crippen molar-refractivity contribution < 1.29 is 0 Å². The molecule has 0 aliphatic rings. The molecule has 0 aliphatic carbocycles. The third-order valence-corrected chi connectivity index (χ3v) is 18.3. The van der Waals surface area contributed by atoms with Gasteiger partial charge in [0, 0.05) is 0 Å². The zero-order valence-electron chi connectivity index (χ0n) is 48.3. The molecule has 0 saturated carbocycles. The van der Waals surface area contributed by atoms with Crippen LogP contribution < -0.4 is 0 Å². The van der Waals surface area contributed by atoms with Crippen molar-refractivity contribution in [3.8, 4) is 100 Å². The standard InChI is InChI=1S/C88H56/c1-5-31-75-57(19-1)23-15-39-79(75)71-50-69(51-72(54-71)80-40-16-24-58-20-2-6-32-76(58)80)67-47-66(48-68(49-67)70-52-73(81-41-17-25-59-21-3-7-33-77(59)81)55-74(53-70)82-42-18-26-60-22-4-8-34-78(60)82)64-30-14-28-62(46-64)61-27-13-29-63(45-61)65-43-44-87-85-37-10-9-35-83(85)84-36-11-12-38-86(84)88(87)56-65/h1-56H.